The molecule has 1 aliphatic carbocycles. The van der Waals surface area contributed by atoms with Crippen LogP contribution in [0.4, 0.5) is 0 Å². The van der Waals surface area contributed by atoms with E-state index in [9.17, 15) is 4.79 Å². The van der Waals surface area contributed by atoms with Crippen molar-refractivity contribution in [3.05, 3.63) is 54.4 Å². The van der Waals surface area contributed by atoms with Crippen molar-refractivity contribution < 1.29 is 4.79 Å². The number of piperidine rings is 1. The van der Waals surface area contributed by atoms with Crippen LogP contribution in [0.15, 0.2) is 43.0 Å². The Morgan fingerprint density at radius 3 is 2.72 bits per heavy atom. The SMILES string of the molecule is O=C(c1cnc2c(c1)ncn2C1CC1)N1CCC(c2nnc3ccccn23)CC1. The van der Waals surface area contributed by atoms with E-state index in [0.29, 0.717) is 30.6 Å². The van der Waals surface area contributed by atoms with Crippen molar-refractivity contribution in [2.24, 2.45) is 0 Å². The predicted molar refractivity (Wildman–Crippen MR) is 107 cm³/mol. The molecule has 1 saturated carbocycles. The summed E-state index contributed by atoms with van der Waals surface area (Å²) >= 11 is 0. The Kier molecular flexibility index (Phi) is 3.65. The largest absolute Gasteiger partial charge is 0.339 e. The summed E-state index contributed by atoms with van der Waals surface area (Å²) in [6.45, 7) is 1.42. The molecule has 0 bridgehead atoms. The molecule has 0 spiro atoms. The van der Waals surface area contributed by atoms with Gasteiger partial charge in [0.2, 0.25) is 0 Å². The standard InChI is InChI=1S/C21H21N7O/c29-21(15-11-17-20(22-12-15)28(13-23-17)16-4-5-16)26-9-6-14(7-10-26)19-25-24-18-3-1-2-8-27(18)19/h1-3,8,11-14,16H,4-7,9-10H2. The highest BCUT2D eigenvalue weighted by molar-refractivity contribution is 5.96. The predicted octanol–water partition coefficient (Wildman–Crippen LogP) is 2.83. The summed E-state index contributed by atoms with van der Waals surface area (Å²) in [5.74, 6) is 1.33. The molecule has 6 rings (SSSR count). The highest BCUT2D eigenvalue weighted by Gasteiger charge is 2.29. The van der Waals surface area contributed by atoms with Crippen LogP contribution in [0.1, 0.15) is 53.8 Å². The second kappa shape index (κ2) is 6.37. The number of likely N-dealkylation sites (tertiary alicyclic amines) is 1. The molecular formula is C21H21N7O. The van der Waals surface area contributed by atoms with E-state index in [1.165, 1.54) is 12.8 Å². The molecule has 1 saturated heterocycles. The maximum Gasteiger partial charge on any atom is 0.255 e. The van der Waals surface area contributed by atoms with Crippen molar-refractivity contribution in [2.45, 2.75) is 37.6 Å². The van der Waals surface area contributed by atoms with Gasteiger partial charge in [0.1, 0.15) is 11.3 Å². The Hall–Kier alpha value is -3.29. The number of aromatic nitrogens is 6. The lowest BCUT2D eigenvalue weighted by Crippen LogP contribution is -2.38. The first kappa shape index (κ1) is 16.6. The number of carbonyl (C=O) groups is 1. The van der Waals surface area contributed by atoms with Crippen molar-refractivity contribution in [2.75, 3.05) is 13.1 Å². The fourth-order valence-electron chi connectivity index (χ4n) is 4.32. The number of nitrogens with zero attached hydrogens (tertiary/aromatic N) is 7. The van der Waals surface area contributed by atoms with Gasteiger partial charge in [-0.2, -0.15) is 0 Å². The van der Waals surface area contributed by atoms with Crippen molar-refractivity contribution in [3.63, 3.8) is 0 Å². The van der Waals surface area contributed by atoms with E-state index in [4.69, 9.17) is 0 Å². The van der Waals surface area contributed by atoms with Gasteiger partial charge in [0.05, 0.1) is 11.9 Å². The van der Waals surface area contributed by atoms with Crippen molar-refractivity contribution >= 4 is 22.7 Å². The van der Waals surface area contributed by atoms with E-state index in [1.54, 1.807) is 6.20 Å². The maximum absolute atomic E-state index is 13.0. The minimum absolute atomic E-state index is 0.0323. The van der Waals surface area contributed by atoms with Crippen LogP contribution >= 0.6 is 0 Å². The zero-order valence-electron chi connectivity index (χ0n) is 16.0. The molecule has 0 N–H and O–H groups in total. The Bertz CT molecular complexity index is 1210. The topological polar surface area (TPSA) is 81.2 Å². The first-order valence-corrected chi connectivity index (χ1v) is 10.2. The van der Waals surface area contributed by atoms with E-state index >= 15 is 0 Å². The molecule has 8 heteroatoms. The van der Waals surface area contributed by atoms with E-state index in [-0.39, 0.29) is 5.91 Å². The summed E-state index contributed by atoms with van der Waals surface area (Å²) in [6, 6.07) is 8.32. The molecule has 8 nitrogen and oxygen atoms in total. The van der Waals surface area contributed by atoms with E-state index in [0.717, 1.165) is 35.5 Å². The minimum Gasteiger partial charge on any atom is -0.339 e. The fraction of sp³-hybridized carbons (Fsp3) is 0.381. The Morgan fingerprint density at radius 1 is 1.03 bits per heavy atom. The highest BCUT2D eigenvalue weighted by Crippen LogP contribution is 2.36. The Labute approximate surface area is 167 Å². The number of carbonyl (C=O) groups excluding carboxylic acids is 1. The van der Waals surface area contributed by atoms with Crippen LogP contribution in [-0.4, -0.2) is 53.0 Å². The third kappa shape index (κ3) is 2.78. The Morgan fingerprint density at radius 2 is 1.90 bits per heavy atom. The number of pyridine rings is 2. The number of amides is 1. The third-order valence-electron chi connectivity index (χ3n) is 6.09. The number of fused-ring (bicyclic) bond motifs is 2. The zero-order valence-corrected chi connectivity index (χ0v) is 16.0. The van der Waals surface area contributed by atoms with Gasteiger partial charge in [-0.15, -0.1) is 10.2 Å². The second-order valence-electron chi connectivity index (χ2n) is 8.00. The van der Waals surface area contributed by atoms with Crippen LogP contribution in [-0.2, 0) is 0 Å². The van der Waals surface area contributed by atoms with Crippen LogP contribution < -0.4 is 0 Å². The summed E-state index contributed by atoms with van der Waals surface area (Å²) < 4.78 is 4.17. The molecule has 1 aliphatic heterocycles. The zero-order chi connectivity index (χ0) is 19.4. The van der Waals surface area contributed by atoms with Crippen LogP contribution in [0, 0.1) is 0 Å². The maximum atomic E-state index is 13.0. The summed E-state index contributed by atoms with van der Waals surface area (Å²) in [6.07, 6.45) is 9.68. The average Bonchev–Trinajstić information content (AvgIpc) is 3.38. The lowest BCUT2D eigenvalue weighted by Gasteiger charge is -2.31. The molecule has 29 heavy (non-hydrogen) atoms. The van der Waals surface area contributed by atoms with Gasteiger partial charge in [-0.3, -0.25) is 9.20 Å². The smallest absolute Gasteiger partial charge is 0.255 e. The normalized spacial score (nSPS) is 18.0. The molecule has 1 amide bonds. The molecule has 5 heterocycles. The number of rotatable bonds is 3. The van der Waals surface area contributed by atoms with Gasteiger partial charge < -0.3 is 9.47 Å². The van der Waals surface area contributed by atoms with Crippen molar-refractivity contribution in [3.8, 4) is 0 Å². The van der Waals surface area contributed by atoms with Gasteiger partial charge in [0.25, 0.3) is 5.91 Å². The number of hydrogen-bond donors (Lipinski definition) is 0. The van der Waals surface area contributed by atoms with Gasteiger partial charge >= 0.3 is 0 Å². The third-order valence-corrected chi connectivity index (χ3v) is 6.09. The van der Waals surface area contributed by atoms with E-state index in [1.807, 2.05) is 41.7 Å². The van der Waals surface area contributed by atoms with Gasteiger partial charge in [0, 0.05) is 37.4 Å². The Balaban J connectivity index is 1.19. The monoisotopic (exact) mass is 387 g/mol. The first-order valence-electron chi connectivity index (χ1n) is 10.2. The summed E-state index contributed by atoms with van der Waals surface area (Å²) in [5, 5.41) is 8.65. The quantitative estimate of drug-likeness (QED) is 0.540. The molecule has 0 aromatic carbocycles. The van der Waals surface area contributed by atoms with Gasteiger partial charge in [0.15, 0.2) is 11.3 Å². The van der Waals surface area contributed by atoms with Crippen LogP contribution in [0.2, 0.25) is 0 Å². The lowest BCUT2D eigenvalue weighted by molar-refractivity contribution is 0.0710. The van der Waals surface area contributed by atoms with Gasteiger partial charge in [-0.05, 0) is 43.9 Å². The van der Waals surface area contributed by atoms with Crippen molar-refractivity contribution in [1.29, 1.82) is 0 Å². The van der Waals surface area contributed by atoms with Gasteiger partial charge in [-0.1, -0.05) is 6.07 Å². The molecule has 2 fully saturated rings. The van der Waals surface area contributed by atoms with Crippen LogP contribution in [0.25, 0.3) is 16.8 Å². The minimum atomic E-state index is 0.0323. The summed E-state index contributed by atoms with van der Waals surface area (Å²) in [7, 11) is 0. The molecule has 0 unspecified atom stereocenters. The molecule has 2 aliphatic rings. The van der Waals surface area contributed by atoms with Crippen molar-refractivity contribution in [1.82, 2.24) is 34.0 Å². The number of imidazole rings is 1. The number of hydrogen-bond acceptors (Lipinski definition) is 5. The summed E-state index contributed by atoms with van der Waals surface area (Å²) in [5.41, 5.74) is 3.16. The molecule has 0 atom stereocenters. The van der Waals surface area contributed by atoms with E-state index < -0.39 is 0 Å². The lowest BCUT2D eigenvalue weighted by atomic mass is 9.95. The van der Waals surface area contributed by atoms with Crippen LogP contribution in [0.3, 0.4) is 0 Å². The molecule has 146 valence electrons. The fourth-order valence-corrected chi connectivity index (χ4v) is 4.32. The molecule has 0 radical (unpaired) electrons. The molecular weight excluding hydrogens is 366 g/mol. The second-order valence-corrected chi connectivity index (χ2v) is 8.00. The summed E-state index contributed by atoms with van der Waals surface area (Å²) in [4.78, 5) is 23.9. The highest BCUT2D eigenvalue weighted by atomic mass is 16.2. The molecule has 4 aromatic rings. The average molecular weight is 387 g/mol. The van der Waals surface area contributed by atoms with Gasteiger partial charge in [-0.25, -0.2) is 9.97 Å². The first-order chi connectivity index (χ1) is 14.3. The molecule has 4 aromatic heterocycles. The van der Waals surface area contributed by atoms with E-state index in [2.05, 4.69) is 29.1 Å². The van der Waals surface area contributed by atoms with Crippen LogP contribution in [0.5, 0.6) is 0 Å².